The fraction of sp³-hybridized carbons (Fsp3) is 0. The fourth-order valence-corrected chi connectivity index (χ4v) is 0. The van der Waals surface area contributed by atoms with Crippen molar-refractivity contribution in [2.45, 2.75) is 0 Å². The Labute approximate surface area is 65.6 Å². The van der Waals surface area contributed by atoms with E-state index in [4.69, 9.17) is 36.8 Å². The topological polar surface area (TPSA) is 94.5 Å². The summed E-state index contributed by atoms with van der Waals surface area (Å²) in [6.45, 7) is 0. The Hall–Kier alpha value is 1.78. The summed E-state index contributed by atoms with van der Waals surface area (Å²) in [4.78, 5) is 0. The van der Waals surface area contributed by atoms with Gasteiger partial charge in [0.1, 0.15) is 0 Å². The summed E-state index contributed by atoms with van der Waals surface area (Å²) in [6, 6.07) is 0. The van der Waals surface area contributed by atoms with Gasteiger partial charge in [0, 0.05) is 0 Å². The molecule has 3 nitrogen and oxygen atoms in total. The van der Waals surface area contributed by atoms with E-state index in [-0.39, 0.29) is 16.4 Å². The molecular formula is H6AuCl4O3. The molecule has 0 amide bonds. The molecule has 8 heteroatoms. The van der Waals surface area contributed by atoms with Crippen LogP contribution < -0.4 is 0 Å². The molecule has 0 fully saturated rings. The van der Waals surface area contributed by atoms with Crippen LogP contribution in [0.25, 0.3) is 0 Å². The van der Waals surface area contributed by atoms with Crippen molar-refractivity contribution in [3.8, 4) is 0 Å². The van der Waals surface area contributed by atoms with E-state index in [1.807, 2.05) is 0 Å². The van der Waals surface area contributed by atoms with Crippen LogP contribution in [0.15, 0.2) is 0 Å². The predicted octanol–water partition coefficient (Wildman–Crippen LogP) is 0.281. The summed E-state index contributed by atoms with van der Waals surface area (Å²) in [5, 5.41) is 0. The summed E-state index contributed by atoms with van der Waals surface area (Å²) in [6.07, 6.45) is 0. The van der Waals surface area contributed by atoms with Crippen LogP contribution in [0.5, 0.6) is 0 Å². The molecule has 0 radical (unpaired) electrons. The van der Waals surface area contributed by atoms with Crippen LogP contribution in [0.4, 0.5) is 0 Å². The molecule has 0 rings (SSSR count). The molecule has 8 heavy (non-hydrogen) atoms. The van der Waals surface area contributed by atoms with Crippen LogP contribution in [-0.4, -0.2) is 16.4 Å². The number of hydrogen-bond donors (Lipinski definition) is 0. The van der Waals surface area contributed by atoms with E-state index < -0.39 is 12.8 Å². The normalized spacial score (nSPS) is 9.50. The van der Waals surface area contributed by atoms with Crippen LogP contribution in [0, 0.1) is 0 Å². The van der Waals surface area contributed by atoms with Gasteiger partial charge in [-0.1, -0.05) is 0 Å². The van der Waals surface area contributed by atoms with Gasteiger partial charge in [-0.05, 0) is 0 Å². The second kappa shape index (κ2) is 8.78. The molecule has 0 atom stereocenters. The molecule has 6 N–H and O–H groups in total. The van der Waals surface area contributed by atoms with Crippen LogP contribution in [-0.2, 0) is 12.8 Å². The molecule has 0 heterocycles. The number of halogens is 4. The van der Waals surface area contributed by atoms with E-state index in [1.165, 1.54) is 0 Å². The first kappa shape index (κ1) is 22.6. The minimum atomic E-state index is -3.00. The molecule has 0 saturated heterocycles. The second-order valence-electron chi connectivity index (χ2n) is 0.258. The molecule has 0 saturated carbocycles. The average molecular weight is 393 g/mol. The molecule has 0 spiro atoms. The van der Waals surface area contributed by atoms with Crippen molar-refractivity contribution in [3.63, 3.8) is 0 Å². The van der Waals surface area contributed by atoms with E-state index in [1.54, 1.807) is 0 Å². The van der Waals surface area contributed by atoms with Crippen molar-refractivity contribution >= 4 is 36.8 Å². The molecule has 0 aliphatic heterocycles. The van der Waals surface area contributed by atoms with E-state index in [9.17, 15) is 0 Å². The van der Waals surface area contributed by atoms with Crippen LogP contribution in [0.3, 0.4) is 0 Å². The molecule has 0 aromatic carbocycles. The van der Waals surface area contributed by atoms with Crippen molar-refractivity contribution < 1.29 is 29.2 Å². The van der Waals surface area contributed by atoms with Gasteiger partial charge in [0.2, 0.25) is 0 Å². The van der Waals surface area contributed by atoms with Crippen molar-refractivity contribution in [2.24, 2.45) is 0 Å². The van der Waals surface area contributed by atoms with Crippen molar-refractivity contribution in [1.29, 1.82) is 0 Å². The Morgan fingerprint density at radius 1 is 0.625 bits per heavy atom. The van der Waals surface area contributed by atoms with Gasteiger partial charge in [0.25, 0.3) is 0 Å². The van der Waals surface area contributed by atoms with E-state index in [0.29, 0.717) is 0 Å². The third-order valence-electron chi connectivity index (χ3n) is 0. The van der Waals surface area contributed by atoms with Crippen molar-refractivity contribution in [2.75, 3.05) is 0 Å². The Kier molecular flexibility index (Phi) is 24.8. The van der Waals surface area contributed by atoms with E-state index >= 15 is 0 Å². The first-order valence-electron chi connectivity index (χ1n) is 0.456. The summed E-state index contributed by atoms with van der Waals surface area (Å²) in [7, 11) is 20.0. The third-order valence-corrected chi connectivity index (χ3v) is 0. The first-order valence-corrected chi connectivity index (χ1v) is 11.2. The van der Waals surface area contributed by atoms with Crippen LogP contribution in [0.2, 0.25) is 0 Å². The molecule has 0 bridgehead atoms. The molecule has 0 aliphatic rings. The maximum absolute atomic E-state index is 5.00. The van der Waals surface area contributed by atoms with Crippen molar-refractivity contribution in [1.82, 2.24) is 0 Å². The van der Waals surface area contributed by atoms with Gasteiger partial charge in [-0.2, -0.15) is 0 Å². The number of hydrogen-bond acceptors (Lipinski definition) is 0. The van der Waals surface area contributed by atoms with E-state index in [0.717, 1.165) is 0 Å². The SMILES string of the molecule is O.O.O.[Cl][Au]([Cl])([Cl])[Cl]. The first-order chi connectivity index (χ1) is 2.00. The average Bonchev–Trinajstić information content (AvgIpc) is 0.722. The molecule has 0 aromatic rings. The van der Waals surface area contributed by atoms with Gasteiger partial charge < -0.3 is 16.4 Å². The van der Waals surface area contributed by atoms with Gasteiger partial charge in [-0.15, -0.1) is 0 Å². The van der Waals surface area contributed by atoms with Crippen molar-refractivity contribution in [3.05, 3.63) is 0 Å². The Bertz CT molecular complexity index is 26.8. The van der Waals surface area contributed by atoms with Gasteiger partial charge in [-0.3, -0.25) is 0 Å². The molecular weight excluding hydrogens is 387 g/mol. The summed E-state index contributed by atoms with van der Waals surface area (Å²) in [5.74, 6) is 0. The summed E-state index contributed by atoms with van der Waals surface area (Å²) >= 11 is -3.00. The summed E-state index contributed by atoms with van der Waals surface area (Å²) in [5.41, 5.74) is 0. The van der Waals surface area contributed by atoms with Crippen LogP contribution >= 0.6 is 36.8 Å². The molecule has 63 valence electrons. The quantitative estimate of drug-likeness (QED) is 0.529. The Morgan fingerprint density at radius 3 is 0.625 bits per heavy atom. The summed E-state index contributed by atoms with van der Waals surface area (Å²) < 4.78 is 0. The Morgan fingerprint density at radius 2 is 0.625 bits per heavy atom. The van der Waals surface area contributed by atoms with Gasteiger partial charge in [-0.25, -0.2) is 0 Å². The second-order valence-corrected chi connectivity index (χ2v) is 19.0. The standard InChI is InChI=1S/Au.4ClH.3H2O/h;4*1H;3*1H2/q+4;;;;;;;/p-4. The number of rotatable bonds is 0. The Balaban J connectivity index is -0.0000000267. The monoisotopic (exact) mass is 391 g/mol. The molecule has 0 unspecified atom stereocenters. The molecule has 0 aromatic heterocycles. The van der Waals surface area contributed by atoms with E-state index in [2.05, 4.69) is 0 Å². The van der Waals surface area contributed by atoms with Gasteiger partial charge >= 0.3 is 49.6 Å². The minimum absolute atomic E-state index is 0. The fourth-order valence-electron chi connectivity index (χ4n) is 0. The zero-order chi connectivity index (χ0) is 4.50. The zero-order valence-electron chi connectivity index (χ0n) is 3.31. The van der Waals surface area contributed by atoms with Gasteiger partial charge in [0.05, 0.1) is 0 Å². The van der Waals surface area contributed by atoms with Crippen LogP contribution in [0.1, 0.15) is 0 Å². The molecule has 0 aliphatic carbocycles. The predicted molar refractivity (Wildman–Crippen MR) is 34.3 cm³/mol. The zero-order valence-corrected chi connectivity index (χ0v) is 8.50. The maximum atomic E-state index is 5.00. The third kappa shape index (κ3) is 113. The van der Waals surface area contributed by atoms with Gasteiger partial charge in [0.15, 0.2) is 0 Å².